The number of aliphatic hydroxyl groups excluding tert-OH is 1. The largest absolute Gasteiger partial charge is 0.386 e. The standard InChI is InChI=1S/C22H26N4O/c1-3-24-22(25-15-21(27)18-10-12-23-13-11-18)26-16(2)19-9-8-17-6-4-5-7-20(17)14-19/h4-14,16,21,27H,3,15H2,1-2H3,(H2,24,25,26). The number of guanidine groups is 1. The van der Waals surface area contributed by atoms with Gasteiger partial charge in [-0.25, -0.2) is 0 Å². The van der Waals surface area contributed by atoms with Gasteiger partial charge in [-0.05, 0) is 53.9 Å². The summed E-state index contributed by atoms with van der Waals surface area (Å²) in [6, 6.07) is 18.5. The van der Waals surface area contributed by atoms with Gasteiger partial charge in [0.15, 0.2) is 5.96 Å². The second kappa shape index (κ2) is 9.14. The van der Waals surface area contributed by atoms with Crippen LogP contribution in [0.1, 0.15) is 37.1 Å². The van der Waals surface area contributed by atoms with E-state index in [0.717, 1.165) is 12.1 Å². The van der Waals surface area contributed by atoms with E-state index < -0.39 is 6.10 Å². The van der Waals surface area contributed by atoms with Gasteiger partial charge >= 0.3 is 0 Å². The Bertz CT molecular complexity index is 895. The van der Waals surface area contributed by atoms with Gasteiger partial charge in [-0.1, -0.05) is 36.4 Å². The maximum absolute atomic E-state index is 10.3. The fraction of sp³-hybridized carbons (Fsp3) is 0.273. The van der Waals surface area contributed by atoms with E-state index in [2.05, 4.69) is 63.9 Å². The highest BCUT2D eigenvalue weighted by Gasteiger charge is 2.10. The molecule has 3 aromatic rings. The number of aromatic nitrogens is 1. The third-order valence-corrected chi connectivity index (χ3v) is 4.48. The van der Waals surface area contributed by atoms with Crippen LogP contribution in [0.4, 0.5) is 0 Å². The average Bonchev–Trinajstić information content (AvgIpc) is 2.72. The zero-order valence-electron chi connectivity index (χ0n) is 15.8. The minimum atomic E-state index is -0.653. The number of hydrogen-bond acceptors (Lipinski definition) is 3. The van der Waals surface area contributed by atoms with Crippen LogP contribution in [-0.4, -0.2) is 29.1 Å². The molecule has 0 radical (unpaired) electrons. The summed E-state index contributed by atoms with van der Waals surface area (Å²) in [5.74, 6) is 0.686. The van der Waals surface area contributed by atoms with Gasteiger partial charge in [-0.3, -0.25) is 9.98 Å². The van der Waals surface area contributed by atoms with Crippen molar-refractivity contribution in [1.82, 2.24) is 15.6 Å². The van der Waals surface area contributed by atoms with E-state index >= 15 is 0 Å². The maximum atomic E-state index is 10.3. The lowest BCUT2D eigenvalue weighted by Crippen LogP contribution is -2.39. The van der Waals surface area contributed by atoms with Crippen molar-refractivity contribution in [2.24, 2.45) is 4.99 Å². The van der Waals surface area contributed by atoms with Crippen molar-refractivity contribution in [3.8, 4) is 0 Å². The lowest BCUT2D eigenvalue weighted by atomic mass is 10.0. The van der Waals surface area contributed by atoms with E-state index in [-0.39, 0.29) is 12.6 Å². The summed E-state index contributed by atoms with van der Waals surface area (Å²) >= 11 is 0. The van der Waals surface area contributed by atoms with Crippen LogP contribution in [0.5, 0.6) is 0 Å². The molecular formula is C22H26N4O. The van der Waals surface area contributed by atoms with Gasteiger partial charge in [0.2, 0.25) is 0 Å². The first-order valence-electron chi connectivity index (χ1n) is 9.29. The molecule has 0 aliphatic rings. The van der Waals surface area contributed by atoms with Crippen molar-refractivity contribution in [2.75, 3.05) is 13.1 Å². The zero-order chi connectivity index (χ0) is 19.1. The second-order valence-corrected chi connectivity index (χ2v) is 6.49. The predicted molar refractivity (Wildman–Crippen MR) is 111 cm³/mol. The molecule has 3 rings (SSSR count). The lowest BCUT2D eigenvalue weighted by Gasteiger charge is -2.19. The molecule has 2 atom stereocenters. The number of benzene rings is 2. The fourth-order valence-corrected chi connectivity index (χ4v) is 2.95. The summed E-state index contributed by atoms with van der Waals surface area (Å²) < 4.78 is 0. The van der Waals surface area contributed by atoms with Gasteiger partial charge in [0.1, 0.15) is 0 Å². The third kappa shape index (κ3) is 5.05. The van der Waals surface area contributed by atoms with Gasteiger partial charge in [0, 0.05) is 18.9 Å². The monoisotopic (exact) mass is 362 g/mol. The molecule has 0 saturated heterocycles. The number of nitrogens with zero attached hydrogens (tertiary/aromatic N) is 2. The van der Waals surface area contributed by atoms with Crippen LogP contribution < -0.4 is 10.6 Å². The molecule has 1 aromatic heterocycles. The molecule has 5 heteroatoms. The van der Waals surface area contributed by atoms with Crippen LogP contribution in [0.15, 0.2) is 72.0 Å². The first kappa shape index (κ1) is 18.9. The van der Waals surface area contributed by atoms with Crippen LogP contribution in [0.2, 0.25) is 0 Å². The number of aliphatic hydroxyl groups is 1. The van der Waals surface area contributed by atoms with Crippen molar-refractivity contribution in [1.29, 1.82) is 0 Å². The topological polar surface area (TPSA) is 69.5 Å². The Hall–Kier alpha value is -2.92. The van der Waals surface area contributed by atoms with E-state index in [4.69, 9.17) is 0 Å². The number of rotatable bonds is 6. The lowest BCUT2D eigenvalue weighted by molar-refractivity contribution is 0.187. The van der Waals surface area contributed by atoms with Crippen molar-refractivity contribution in [3.05, 3.63) is 78.1 Å². The van der Waals surface area contributed by atoms with Gasteiger partial charge < -0.3 is 15.7 Å². The Morgan fingerprint density at radius 1 is 1.04 bits per heavy atom. The predicted octanol–water partition coefficient (Wildman–Crippen LogP) is 3.58. The summed E-state index contributed by atoms with van der Waals surface area (Å²) in [5, 5.41) is 19.4. The van der Waals surface area contributed by atoms with E-state index in [1.165, 1.54) is 16.3 Å². The molecule has 0 saturated carbocycles. The molecule has 2 aromatic carbocycles. The Morgan fingerprint density at radius 2 is 1.78 bits per heavy atom. The maximum Gasteiger partial charge on any atom is 0.191 e. The van der Waals surface area contributed by atoms with Crippen LogP contribution in [0.25, 0.3) is 10.8 Å². The summed E-state index contributed by atoms with van der Waals surface area (Å²) in [4.78, 5) is 8.52. The first-order valence-corrected chi connectivity index (χ1v) is 9.29. The molecule has 0 aliphatic carbocycles. The van der Waals surface area contributed by atoms with Crippen LogP contribution in [0, 0.1) is 0 Å². The highest BCUT2D eigenvalue weighted by atomic mass is 16.3. The molecule has 1 heterocycles. The van der Waals surface area contributed by atoms with E-state index in [9.17, 15) is 5.11 Å². The Labute approximate surface area is 160 Å². The molecule has 0 aliphatic heterocycles. The van der Waals surface area contributed by atoms with E-state index in [1.54, 1.807) is 24.5 Å². The number of pyridine rings is 1. The molecule has 0 amide bonds. The Balaban J connectivity index is 1.70. The summed E-state index contributed by atoms with van der Waals surface area (Å²) in [6.07, 6.45) is 2.69. The molecule has 140 valence electrons. The van der Waals surface area contributed by atoms with E-state index in [1.807, 2.05) is 13.0 Å². The molecule has 5 nitrogen and oxygen atoms in total. The van der Waals surface area contributed by atoms with Crippen molar-refractivity contribution in [3.63, 3.8) is 0 Å². The first-order chi connectivity index (χ1) is 13.2. The average molecular weight is 362 g/mol. The van der Waals surface area contributed by atoms with Crippen molar-refractivity contribution >= 4 is 16.7 Å². The van der Waals surface area contributed by atoms with Crippen LogP contribution >= 0.6 is 0 Å². The number of aliphatic imine (C=N–C) groups is 1. The number of fused-ring (bicyclic) bond motifs is 1. The Morgan fingerprint density at radius 3 is 2.52 bits per heavy atom. The SMILES string of the molecule is CCNC(=NCC(O)c1ccncc1)NC(C)c1ccc2ccccc2c1. The minimum absolute atomic E-state index is 0.0884. The summed E-state index contributed by atoms with van der Waals surface area (Å²) in [5.41, 5.74) is 2.00. The van der Waals surface area contributed by atoms with Crippen molar-refractivity contribution < 1.29 is 5.11 Å². The minimum Gasteiger partial charge on any atom is -0.386 e. The van der Waals surface area contributed by atoms with Gasteiger partial charge in [-0.2, -0.15) is 0 Å². The highest BCUT2D eigenvalue weighted by molar-refractivity contribution is 5.84. The molecule has 2 unspecified atom stereocenters. The zero-order valence-corrected chi connectivity index (χ0v) is 15.8. The second-order valence-electron chi connectivity index (χ2n) is 6.49. The third-order valence-electron chi connectivity index (χ3n) is 4.48. The Kier molecular flexibility index (Phi) is 6.39. The smallest absolute Gasteiger partial charge is 0.191 e. The molecule has 0 fully saturated rings. The van der Waals surface area contributed by atoms with E-state index in [0.29, 0.717) is 5.96 Å². The van der Waals surface area contributed by atoms with Gasteiger partial charge in [-0.15, -0.1) is 0 Å². The fourth-order valence-electron chi connectivity index (χ4n) is 2.95. The number of hydrogen-bond donors (Lipinski definition) is 3. The molecule has 0 spiro atoms. The summed E-state index contributed by atoms with van der Waals surface area (Å²) in [6.45, 7) is 5.17. The quantitative estimate of drug-likeness (QED) is 0.463. The summed E-state index contributed by atoms with van der Waals surface area (Å²) in [7, 11) is 0. The number of nitrogens with one attached hydrogen (secondary N) is 2. The van der Waals surface area contributed by atoms with Gasteiger partial charge in [0.25, 0.3) is 0 Å². The molecule has 27 heavy (non-hydrogen) atoms. The van der Waals surface area contributed by atoms with Crippen LogP contribution in [-0.2, 0) is 0 Å². The molecule has 0 bridgehead atoms. The highest BCUT2D eigenvalue weighted by Crippen LogP contribution is 2.20. The van der Waals surface area contributed by atoms with Crippen LogP contribution in [0.3, 0.4) is 0 Å². The molecular weight excluding hydrogens is 336 g/mol. The van der Waals surface area contributed by atoms with Crippen molar-refractivity contribution in [2.45, 2.75) is 26.0 Å². The van der Waals surface area contributed by atoms with Gasteiger partial charge in [0.05, 0.1) is 18.7 Å². The normalized spacial score (nSPS) is 14.0. The molecule has 3 N–H and O–H groups in total.